The van der Waals surface area contributed by atoms with E-state index < -0.39 is 16.0 Å². The fraction of sp³-hybridized carbons (Fsp3) is 0.133. The predicted molar refractivity (Wildman–Crippen MR) is 88.8 cm³/mol. The number of carboxylic acid groups (broad SMARTS) is 1. The quantitative estimate of drug-likeness (QED) is 0.809. The highest BCUT2D eigenvalue weighted by molar-refractivity contribution is 7.92. The van der Waals surface area contributed by atoms with Crippen molar-refractivity contribution in [3.05, 3.63) is 47.0 Å². The van der Waals surface area contributed by atoms with Crippen LogP contribution in [-0.4, -0.2) is 33.7 Å². The number of carbonyl (C=O) groups is 1. The SMILES string of the molecule is COc1ccc(Cl)cc1NS(=O)(=O)c1ccc(OC)c(C(=O)O)c1. The number of benzene rings is 2. The Balaban J connectivity index is 2.47. The lowest BCUT2D eigenvalue weighted by Gasteiger charge is -2.13. The standard InChI is InChI=1S/C15H14ClNO6S/c1-22-13-6-4-10(8-11(13)15(18)19)24(20,21)17-12-7-9(16)3-5-14(12)23-2/h3-8,17H,1-2H3,(H,18,19). The zero-order valence-electron chi connectivity index (χ0n) is 12.7. The molecule has 0 aliphatic heterocycles. The second-order valence-corrected chi connectivity index (χ2v) is 6.74. The summed E-state index contributed by atoms with van der Waals surface area (Å²) < 4.78 is 37.3. The lowest BCUT2D eigenvalue weighted by molar-refractivity contribution is 0.0693. The first kappa shape index (κ1) is 17.9. The molecule has 0 unspecified atom stereocenters. The molecule has 0 fully saturated rings. The van der Waals surface area contributed by atoms with E-state index in [0.29, 0.717) is 5.02 Å². The molecule has 0 saturated carbocycles. The summed E-state index contributed by atoms with van der Waals surface area (Å²) in [7, 11) is -1.37. The summed E-state index contributed by atoms with van der Waals surface area (Å²) in [6, 6.07) is 7.98. The van der Waals surface area contributed by atoms with Crippen LogP contribution in [0.2, 0.25) is 5.02 Å². The minimum Gasteiger partial charge on any atom is -0.496 e. The highest BCUT2D eigenvalue weighted by atomic mass is 35.5. The van der Waals surface area contributed by atoms with Crippen molar-refractivity contribution in [3.63, 3.8) is 0 Å². The number of methoxy groups -OCH3 is 2. The molecular weight excluding hydrogens is 358 g/mol. The minimum absolute atomic E-state index is 0.0572. The van der Waals surface area contributed by atoms with Crippen molar-refractivity contribution in [1.82, 2.24) is 0 Å². The van der Waals surface area contributed by atoms with Gasteiger partial charge in [-0.1, -0.05) is 11.6 Å². The first-order valence-corrected chi connectivity index (χ1v) is 8.42. The van der Waals surface area contributed by atoms with E-state index in [1.807, 2.05) is 0 Å². The normalized spacial score (nSPS) is 11.0. The number of ether oxygens (including phenoxy) is 2. The van der Waals surface area contributed by atoms with E-state index in [1.165, 1.54) is 38.5 Å². The van der Waals surface area contributed by atoms with E-state index in [4.69, 9.17) is 26.2 Å². The van der Waals surface area contributed by atoms with E-state index in [0.717, 1.165) is 6.07 Å². The number of hydrogen-bond acceptors (Lipinski definition) is 5. The van der Waals surface area contributed by atoms with Crippen LogP contribution in [0.5, 0.6) is 11.5 Å². The Morgan fingerprint density at radius 3 is 2.29 bits per heavy atom. The topological polar surface area (TPSA) is 102 Å². The maximum absolute atomic E-state index is 12.5. The van der Waals surface area contributed by atoms with Crippen molar-refractivity contribution in [2.45, 2.75) is 4.90 Å². The number of rotatable bonds is 6. The zero-order chi connectivity index (χ0) is 17.9. The van der Waals surface area contributed by atoms with Crippen LogP contribution in [0, 0.1) is 0 Å². The fourth-order valence-corrected chi connectivity index (χ4v) is 3.24. The van der Waals surface area contributed by atoms with Crippen LogP contribution in [0.15, 0.2) is 41.3 Å². The molecule has 7 nitrogen and oxygen atoms in total. The van der Waals surface area contributed by atoms with Crippen LogP contribution in [0.4, 0.5) is 5.69 Å². The van der Waals surface area contributed by atoms with Crippen LogP contribution < -0.4 is 14.2 Å². The van der Waals surface area contributed by atoms with E-state index >= 15 is 0 Å². The minimum atomic E-state index is -4.05. The van der Waals surface area contributed by atoms with Gasteiger partial charge in [0.1, 0.15) is 17.1 Å². The summed E-state index contributed by atoms with van der Waals surface area (Å²) in [5, 5.41) is 9.48. The summed E-state index contributed by atoms with van der Waals surface area (Å²) in [5.41, 5.74) is -0.129. The summed E-state index contributed by atoms with van der Waals surface area (Å²) in [6.45, 7) is 0. The molecule has 0 heterocycles. The highest BCUT2D eigenvalue weighted by Crippen LogP contribution is 2.30. The molecule has 0 bridgehead atoms. The third-order valence-corrected chi connectivity index (χ3v) is 4.72. The Morgan fingerprint density at radius 2 is 1.71 bits per heavy atom. The van der Waals surface area contributed by atoms with Gasteiger partial charge in [-0.15, -0.1) is 0 Å². The number of nitrogens with one attached hydrogen (secondary N) is 1. The smallest absolute Gasteiger partial charge is 0.339 e. The average molecular weight is 372 g/mol. The van der Waals surface area contributed by atoms with E-state index in [1.54, 1.807) is 6.07 Å². The second kappa shape index (κ2) is 6.98. The molecule has 0 spiro atoms. The van der Waals surface area contributed by atoms with Gasteiger partial charge in [-0.2, -0.15) is 0 Å². The number of carboxylic acids is 1. The van der Waals surface area contributed by atoms with Gasteiger partial charge in [-0.25, -0.2) is 13.2 Å². The van der Waals surface area contributed by atoms with Crippen molar-refractivity contribution < 1.29 is 27.8 Å². The number of halogens is 1. The van der Waals surface area contributed by atoms with Crippen molar-refractivity contribution >= 4 is 33.3 Å². The maximum Gasteiger partial charge on any atom is 0.339 e. The third-order valence-electron chi connectivity index (χ3n) is 3.12. The summed E-state index contributed by atoms with van der Waals surface area (Å²) in [5.74, 6) is -0.971. The van der Waals surface area contributed by atoms with Gasteiger partial charge in [0.05, 0.1) is 24.8 Å². The van der Waals surface area contributed by atoms with Crippen molar-refractivity contribution in [2.24, 2.45) is 0 Å². The van der Waals surface area contributed by atoms with Gasteiger partial charge in [-0.05, 0) is 36.4 Å². The van der Waals surface area contributed by atoms with Gasteiger partial charge in [0.15, 0.2) is 0 Å². The highest BCUT2D eigenvalue weighted by Gasteiger charge is 2.21. The zero-order valence-corrected chi connectivity index (χ0v) is 14.3. The second-order valence-electron chi connectivity index (χ2n) is 4.62. The Labute approximate surface area is 143 Å². The molecule has 24 heavy (non-hydrogen) atoms. The number of sulfonamides is 1. The van der Waals surface area contributed by atoms with Gasteiger partial charge in [0, 0.05) is 5.02 Å². The monoisotopic (exact) mass is 371 g/mol. The average Bonchev–Trinajstić information content (AvgIpc) is 2.54. The molecule has 0 atom stereocenters. The molecule has 2 aromatic rings. The lowest BCUT2D eigenvalue weighted by Crippen LogP contribution is -2.14. The van der Waals surface area contributed by atoms with Gasteiger partial charge < -0.3 is 14.6 Å². The number of aromatic carboxylic acids is 1. The summed E-state index contributed by atoms with van der Waals surface area (Å²) in [6.07, 6.45) is 0. The van der Waals surface area contributed by atoms with Crippen molar-refractivity contribution in [2.75, 3.05) is 18.9 Å². The molecule has 0 aliphatic carbocycles. The van der Waals surface area contributed by atoms with E-state index in [-0.39, 0.29) is 27.6 Å². The molecule has 128 valence electrons. The molecule has 0 aromatic heterocycles. The van der Waals surface area contributed by atoms with Crippen LogP contribution in [-0.2, 0) is 10.0 Å². The molecule has 2 N–H and O–H groups in total. The summed E-state index contributed by atoms with van der Waals surface area (Å²) in [4.78, 5) is 11.0. The molecular formula is C15H14ClNO6S. The predicted octanol–water partition coefficient (Wildman–Crippen LogP) is 2.86. The molecule has 0 amide bonds. The van der Waals surface area contributed by atoms with Crippen LogP contribution in [0.1, 0.15) is 10.4 Å². The Morgan fingerprint density at radius 1 is 1.08 bits per heavy atom. The third kappa shape index (κ3) is 3.72. The number of anilines is 1. The summed E-state index contributed by atoms with van der Waals surface area (Å²) >= 11 is 5.87. The lowest BCUT2D eigenvalue weighted by atomic mass is 10.2. The van der Waals surface area contributed by atoms with Gasteiger partial charge in [0.2, 0.25) is 0 Å². The molecule has 0 radical (unpaired) electrons. The molecule has 0 aliphatic rings. The first-order valence-electron chi connectivity index (χ1n) is 6.56. The Bertz CT molecular complexity index is 882. The van der Waals surface area contributed by atoms with Crippen LogP contribution in [0.3, 0.4) is 0 Å². The number of hydrogen-bond donors (Lipinski definition) is 2. The van der Waals surface area contributed by atoms with Crippen LogP contribution >= 0.6 is 11.6 Å². The molecule has 2 aromatic carbocycles. The fourth-order valence-electron chi connectivity index (χ4n) is 1.99. The molecule has 2 rings (SSSR count). The van der Waals surface area contributed by atoms with Crippen molar-refractivity contribution in [3.8, 4) is 11.5 Å². The van der Waals surface area contributed by atoms with Gasteiger partial charge in [-0.3, -0.25) is 4.72 Å². The van der Waals surface area contributed by atoms with Crippen molar-refractivity contribution in [1.29, 1.82) is 0 Å². The molecule has 0 saturated heterocycles. The van der Waals surface area contributed by atoms with E-state index in [2.05, 4.69) is 4.72 Å². The van der Waals surface area contributed by atoms with Gasteiger partial charge >= 0.3 is 5.97 Å². The van der Waals surface area contributed by atoms with Crippen LogP contribution in [0.25, 0.3) is 0 Å². The van der Waals surface area contributed by atoms with Gasteiger partial charge in [0.25, 0.3) is 10.0 Å². The maximum atomic E-state index is 12.5. The van der Waals surface area contributed by atoms with E-state index in [9.17, 15) is 13.2 Å². The Hall–Kier alpha value is -2.45. The Kier molecular flexibility index (Phi) is 5.20. The molecule has 9 heteroatoms. The largest absolute Gasteiger partial charge is 0.496 e. The first-order chi connectivity index (χ1) is 11.3.